The molecular formula is C19H29ClN2O. The van der Waals surface area contributed by atoms with Gasteiger partial charge in [0.15, 0.2) is 0 Å². The molecule has 1 aromatic carbocycles. The number of halogens is 1. The lowest BCUT2D eigenvalue weighted by Gasteiger charge is -2.31. The number of rotatable bonds is 4. The van der Waals surface area contributed by atoms with Crippen LogP contribution in [0.15, 0.2) is 18.2 Å². The van der Waals surface area contributed by atoms with Gasteiger partial charge < -0.3 is 11.1 Å². The summed E-state index contributed by atoms with van der Waals surface area (Å²) in [7, 11) is 0. The lowest BCUT2D eigenvalue weighted by Crippen LogP contribution is -2.45. The molecule has 0 aromatic heterocycles. The average Bonchev–Trinajstić information content (AvgIpc) is 2.55. The molecular weight excluding hydrogens is 308 g/mol. The number of fused-ring (bicyclic) bond motifs is 1. The van der Waals surface area contributed by atoms with E-state index in [1.807, 2.05) is 0 Å². The zero-order chi connectivity index (χ0) is 15.4. The second-order valence-corrected chi connectivity index (χ2v) is 6.94. The summed E-state index contributed by atoms with van der Waals surface area (Å²) in [6, 6.07) is 6.88. The van der Waals surface area contributed by atoms with Crippen LogP contribution in [0, 0.1) is 5.92 Å². The minimum absolute atomic E-state index is 0. The smallest absolute Gasteiger partial charge is 0.224 e. The van der Waals surface area contributed by atoms with Crippen molar-refractivity contribution in [2.24, 2.45) is 11.7 Å². The van der Waals surface area contributed by atoms with Crippen LogP contribution in [0.3, 0.4) is 0 Å². The van der Waals surface area contributed by atoms with E-state index >= 15 is 0 Å². The number of amides is 1. The zero-order valence-corrected chi connectivity index (χ0v) is 14.7. The van der Waals surface area contributed by atoms with E-state index in [2.05, 4.69) is 23.5 Å². The minimum Gasteiger partial charge on any atom is -0.353 e. The van der Waals surface area contributed by atoms with Gasteiger partial charge in [-0.05, 0) is 67.7 Å². The summed E-state index contributed by atoms with van der Waals surface area (Å²) in [4.78, 5) is 12.4. The molecule has 1 fully saturated rings. The molecule has 2 atom stereocenters. The van der Waals surface area contributed by atoms with Crippen molar-refractivity contribution >= 4 is 18.3 Å². The maximum absolute atomic E-state index is 12.4. The van der Waals surface area contributed by atoms with Gasteiger partial charge in [-0.2, -0.15) is 0 Å². The number of benzene rings is 1. The van der Waals surface area contributed by atoms with Gasteiger partial charge in [-0.1, -0.05) is 31.0 Å². The van der Waals surface area contributed by atoms with Crippen molar-refractivity contribution < 1.29 is 4.79 Å². The maximum Gasteiger partial charge on any atom is 0.224 e. The Morgan fingerprint density at radius 3 is 2.61 bits per heavy atom. The molecule has 0 radical (unpaired) electrons. The molecule has 1 saturated carbocycles. The number of aryl methyl sites for hydroxylation is 2. The predicted octanol–water partition coefficient (Wildman–Crippen LogP) is 3.16. The first-order chi connectivity index (χ1) is 10.8. The topological polar surface area (TPSA) is 55.1 Å². The molecule has 0 aliphatic heterocycles. The number of carbonyl (C=O) groups excluding carboxylic acids is 1. The highest BCUT2D eigenvalue weighted by molar-refractivity contribution is 5.85. The normalized spacial score (nSPS) is 23.5. The fourth-order valence-corrected chi connectivity index (χ4v) is 4.02. The van der Waals surface area contributed by atoms with Gasteiger partial charge in [-0.25, -0.2) is 0 Å². The van der Waals surface area contributed by atoms with Gasteiger partial charge >= 0.3 is 0 Å². The molecule has 3 rings (SSSR count). The van der Waals surface area contributed by atoms with Crippen LogP contribution in [-0.2, 0) is 24.1 Å². The molecule has 1 amide bonds. The van der Waals surface area contributed by atoms with Gasteiger partial charge in [0.2, 0.25) is 5.91 Å². The first-order valence-electron chi connectivity index (χ1n) is 8.86. The van der Waals surface area contributed by atoms with E-state index in [4.69, 9.17) is 5.73 Å². The lowest BCUT2D eigenvalue weighted by atomic mass is 9.84. The second-order valence-electron chi connectivity index (χ2n) is 6.94. The van der Waals surface area contributed by atoms with E-state index in [9.17, 15) is 4.79 Å². The lowest BCUT2D eigenvalue weighted by molar-refractivity contribution is -0.121. The number of hydrogen-bond donors (Lipinski definition) is 2. The van der Waals surface area contributed by atoms with Gasteiger partial charge in [-0.15, -0.1) is 12.4 Å². The summed E-state index contributed by atoms with van der Waals surface area (Å²) in [5.41, 5.74) is 9.93. The zero-order valence-electron chi connectivity index (χ0n) is 13.9. The molecule has 2 aliphatic carbocycles. The van der Waals surface area contributed by atoms with Gasteiger partial charge in [-0.3, -0.25) is 4.79 Å². The van der Waals surface area contributed by atoms with E-state index < -0.39 is 0 Å². The van der Waals surface area contributed by atoms with Gasteiger partial charge in [0, 0.05) is 6.04 Å². The largest absolute Gasteiger partial charge is 0.353 e. The van der Waals surface area contributed by atoms with Crippen LogP contribution < -0.4 is 11.1 Å². The van der Waals surface area contributed by atoms with Crippen LogP contribution in [0.5, 0.6) is 0 Å². The predicted molar refractivity (Wildman–Crippen MR) is 97.0 cm³/mol. The number of nitrogens with one attached hydrogen (secondary N) is 1. The van der Waals surface area contributed by atoms with Crippen molar-refractivity contribution in [3.05, 3.63) is 34.9 Å². The third kappa shape index (κ3) is 4.71. The Bertz CT molecular complexity index is 532. The monoisotopic (exact) mass is 336 g/mol. The molecule has 2 aliphatic rings. The average molecular weight is 337 g/mol. The highest BCUT2D eigenvalue weighted by Gasteiger charge is 2.25. The molecule has 3 nitrogen and oxygen atoms in total. The van der Waals surface area contributed by atoms with Crippen molar-refractivity contribution in [1.82, 2.24) is 5.32 Å². The number of nitrogens with two attached hydrogens (primary N) is 1. The Kier molecular flexibility index (Phi) is 6.91. The second kappa shape index (κ2) is 8.70. The molecule has 128 valence electrons. The van der Waals surface area contributed by atoms with Crippen molar-refractivity contribution in [3.63, 3.8) is 0 Å². The van der Waals surface area contributed by atoms with Crippen LogP contribution in [0.25, 0.3) is 0 Å². The Balaban J connectivity index is 0.00000192. The van der Waals surface area contributed by atoms with Crippen LogP contribution in [0.4, 0.5) is 0 Å². The SMILES string of the molecule is Cl.NCC1CCCCC1NC(=O)Cc1ccc2c(c1)CCCC2. The summed E-state index contributed by atoms with van der Waals surface area (Å²) < 4.78 is 0. The molecule has 1 aromatic rings. The first-order valence-corrected chi connectivity index (χ1v) is 8.86. The summed E-state index contributed by atoms with van der Waals surface area (Å²) in [5.74, 6) is 0.613. The summed E-state index contributed by atoms with van der Waals surface area (Å²) >= 11 is 0. The Labute approximate surface area is 145 Å². The Morgan fingerprint density at radius 2 is 1.83 bits per heavy atom. The molecule has 0 heterocycles. The highest BCUT2D eigenvalue weighted by Crippen LogP contribution is 2.24. The van der Waals surface area contributed by atoms with Gasteiger partial charge in [0.25, 0.3) is 0 Å². The maximum atomic E-state index is 12.4. The summed E-state index contributed by atoms with van der Waals surface area (Å²) in [6.45, 7) is 0.684. The van der Waals surface area contributed by atoms with Crippen molar-refractivity contribution in [2.45, 2.75) is 63.8 Å². The number of hydrogen-bond acceptors (Lipinski definition) is 2. The molecule has 0 saturated heterocycles. The molecule has 4 heteroatoms. The van der Waals surface area contributed by atoms with E-state index in [-0.39, 0.29) is 24.4 Å². The van der Waals surface area contributed by atoms with Crippen LogP contribution in [0.1, 0.15) is 55.2 Å². The first kappa shape index (κ1) is 18.3. The molecule has 3 N–H and O–H groups in total. The minimum atomic E-state index is 0. The summed E-state index contributed by atoms with van der Waals surface area (Å²) in [5, 5.41) is 3.23. The quantitative estimate of drug-likeness (QED) is 0.887. The Morgan fingerprint density at radius 1 is 1.09 bits per heavy atom. The van der Waals surface area contributed by atoms with Crippen molar-refractivity contribution in [1.29, 1.82) is 0 Å². The van der Waals surface area contributed by atoms with E-state index in [0.29, 0.717) is 18.9 Å². The number of carbonyl (C=O) groups is 1. The van der Waals surface area contributed by atoms with Crippen LogP contribution in [-0.4, -0.2) is 18.5 Å². The van der Waals surface area contributed by atoms with Gasteiger partial charge in [0.1, 0.15) is 0 Å². The molecule has 0 bridgehead atoms. The van der Waals surface area contributed by atoms with Crippen molar-refractivity contribution in [3.8, 4) is 0 Å². The van der Waals surface area contributed by atoms with Gasteiger partial charge in [0.05, 0.1) is 6.42 Å². The van der Waals surface area contributed by atoms with E-state index in [1.54, 1.807) is 0 Å². The molecule has 23 heavy (non-hydrogen) atoms. The third-order valence-corrected chi connectivity index (χ3v) is 5.34. The van der Waals surface area contributed by atoms with Crippen LogP contribution >= 0.6 is 12.4 Å². The van der Waals surface area contributed by atoms with Crippen LogP contribution in [0.2, 0.25) is 0 Å². The van der Waals surface area contributed by atoms with E-state index in [0.717, 1.165) is 18.4 Å². The molecule has 0 spiro atoms. The summed E-state index contributed by atoms with van der Waals surface area (Å²) in [6.07, 6.45) is 10.1. The fraction of sp³-hybridized carbons (Fsp3) is 0.632. The third-order valence-electron chi connectivity index (χ3n) is 5.34. The highest BCUT2D eigenvalue weighted by atomic mass is 35.5. The fourth-order valence-electron chi connectivity index (χ4n) is 4.02. The van der Waals surface area contributed by atoms with Crippen molar-refractivity contribution in [2.75, 3.05) is 6.54 Å². The molecule has 2 unspecified atom stereocenters. The standard InChI is InChI=1S/C19H28N2O.ClH/c20-13-17-7-3-4-8-18(17)21-19(22)12-14-9-10-15-5-1-2-6-16(15)11-14;/h9-11,17-18H,1-8,12-13,20H2,(H,21,22);1H. The van der Waals surface area contributed by atoms with E-state index in [1.165, 1.54) is 49.7 Å². The Hall–Kier alpha value is -1.06.